The van der Waals surface area contributed by atoms with Gasteiger partial charge >= 0.3 is 0 Å². The van der Waals surface area contributed by atoms with Crippen LogP contribution in [0.4, 0.5) is 0 Å². The summed E-state index contributed by atoms with van der Waals surface area (Å²) in [5, 5.41) is 0. The van der Waals surface area contributed by atoms with E-state index in [1.54, 1.807) is 0 Å². The number of ketones is 1. The lowest BCUT2D eigenvalue weighted by Crippen LogP contribution is -2.29. The highest BCUT2D eigenvalue weighted by atomic mass is 16.1. The van der Waals surface area contributed by atoms with Gasteiger partial charge in [-0.25, -0.2) is 0 Å². The largest absolute Gasteiger partial charge is 0.299 e. The first-order valence-electron chi connectivity index (χ1n) is 9.41. The summed E-state index contributed by atoms with van der Waals surface area (Å²) in [5.41, 5.74) is 3.61. The third kappa shape index (κ3) is 5.61. The van der Waals surface area contributed by atoms with Crippen molar-refractivity contribution in [2.24, 2.45) is 17.3 Å². The molecular formula is C23H36O. The number of hydrogen-bond donors (Lipinski definition) is 0. The van der Waals surface area contributed by atoms with Crippen LogP contribution in [0, 0.1) is 17.3 Å². The van der Waals surface area contributed by atoms with Gasteiger partial charge in [0.15, 0.2) is 0 Å². The quantitative estimate of drug-likeness (QED) is 0.380. The molecule has 0 aromatic carbocycles. The normalized spacial score (nSPS) is 19.1. The highest BCUT2D eigenvalue weighted by Crippen LogP contribution is 2.38. The van der Waals surface area contributed by atoms with Crippen LogP contribution in [0.1, 0.15) is 72.1 Å². The molecule has 0 saturated heterocycles. The topological polar surface area (TPSA) is 17.1 Å². The molecule has 1 heteroatoms. The molecule has 0 heterocycles. The maximum Gasteiger partial charge on any atom is 0.138 e. The minimum absolute atomic E-state index is 0.219. The Morgan fingerprint density at radius 1 is 1.29 bits per heavy atom. The Labute approximate surface area is 149 Å². The zero-order chi connectivity index (χ0) is 18.3. The van der Waals surface area contributed by atoms with Gasteiger partial charge in [0.1, 0.15) is 5.78 Å². The Morgan fingerprint density at radius 3 is 2.38 bits per heavy atom. The molecule has 24 heavy (non-hydrogen) atoms. The van der Waals surface area contributed by atoms with Crippen LogP contribution < -0.4 is 0 Å². The van der Waals surface area contributed by atoms with Gasteiger partial charge in [-0.3, -0.25) is 4.79 Å². The second-order valence-electron chi connectivity index (χ2n) is 7.93. The number of hydrogen-bond acceptors (Lipinski definition) is 1. The molecule has 0 aromatic heterocycles. The molecule has 0 aromatic rings. The van der Waals surface area contributed by atoms with Gasteiger partial charge in [0, 0.05) is 17.8 Å². The maximum absolute atomic E-state index is 12.7. The van der Waals surface area contributed by atoms with E-state index in [1.807, 2.05) is 6.08 Å². The van der Waals surface area contributed by atoms with Crippen molar-refractivity contribution in [2.75, 3.05) is 0 Å². The average molecular weight is 329 g/mol. The predicted molar refractivity (Wildman–Crippen MR) is 106 cm³/mol. The first kappa shape index (κ1) is 20.7. The van der Waals surface area contributed by atoms with Gasteiger partial charge in [-0.15, -0.1) is 6.58 Å². The molecule has 1 aliphatic rings. The van der Waals surface area contributed by atoms with Gasteiger partial charge < -0.3 is 0 Å². The summed E-state index contributed by atoms with van der Waals surface area (Å²) in [7, 11) is 0. The summed E-state index contributed by atoms with van der Waals surface area (Å²) in [4.78, 5) is 12.7. The first-order chi connectivity index (χ1) is 11.2. The van der Waals surface area contributed by atoms with E-state index in [4.69, 9.17) is 0 Å². The van der Waals surface area contributed by atoms with Crippen molar-refractivity contribution in [1.29, 1.82) is 0 Å². The van der Waals surface area contributed by atoms with Crippen LogP contribution in [0.5, 0.6) is 0 Å². The molecule has 0 radical (unpaired) electrons. The molecule has 0 amide bonds. The van der Waals surface area contributed by atoms with Crippen molar-refractivity contribution in [3.63, 3.8) is 0 Å². The van der Waals surface area contributed by atoms with Gasteiger partial charge in [-0.1, -0.05) is 63.3 Å². The second kappa shape index (κ2) is 9.20. The van der Waals surface area contributed by atoms with Crippen LogP contribution in [-0.2, 0) is 4.79 Å². The van der Waals surface area contributed by atoms with E-state index in [2.05, 4.69) is 47.1 Å². The zero-order valence-electron chi connectivity index (χ0n) is 16.1. The van der Waals surface area contributed by atoms with Crippen molar-refractivity contribution in [3.05, 3.63) is 49.1 Å². The number of rotatable bonds is 11. The van der Waals surface area contributed by atoms with Crippen LogP contribution >= 0.6 is 0 Å². The maximum atomic E-state index is 12.7. The summed E-state index contributed by atoms with van der Waals surface area (Å²) in [5.74, 6) is 1.19. The fourth-order valence-corrected chi connectivity index (χ4v) is 3.69. The predicted octanol–water partition coefficient (Wildman–Crippen LogP) is 6.82. The Kier molecular flexibility index (Phi) is 7.93. The Morgan fingerprint density at radius 2 is 1.88 bits per heavy atom. The van der Waals surface area contributed by atoms with Crippen LogP contribution in [0.15, 0.2) is 49.1 Å². The lowest BCUT2D eigenvalue weighted by molar-refractivity contribution is -0.129. The summed E-state index contributed by atoms with van der Waals surface area (Å²) < 4.78 is 0. The summed E-state index contributed by atoms with van der Waals surface area (Å²) in [6.45, 7) is 22.8. The van der Waals surface area contributed by atoms with Gasteiger partial charge in [0.2, 0.25) is 0 Å². The molecule has 2 atom stereocenters. The standard InChI is InChI=1S/C23H36O/c1-8-17(3)16-23(7,9-2)22(24)12-10-11-18(4)15-21-19(5)13-14-20(21)6/h8,17,21H,1,4-6,9-16H2,2-3,7H3. The minimum Gasteiger partial charge on any atom is -0.299 e. The van der Waals surface area contributed by atoms with Crippen molar-refractivity contribution in [3.8, 4) is 0 Å². The Bertz CT molecular complexity index is 494. The van der Waals surface area contributed by atoms with E-state index in [0.717, 1.165) is 44.9 Å². The fraction of sp³-hybridized carbons (Fsp3) is 0.609. The first-order valence-corrected chi connectivity index (χ1v) is 9.41. The van der Waals surface area contributed by atoms with E-state index in [-0.39, 0.29) is 5.41 Å². The zero-order valence-corrected chi connectivity index (χ0v) is 16.1. The van der Waals surface area contributed by atoms with Crippen LogP contribution in [0.2, 0.25) is 0 Å². The van der Waals surface area contributed by atoms with E-state index in [0.29, 0.717) is 24.0 Å². The average Bonchev–Trinajstić information content (AvgIpc) is 2.86. The Hall–Kier alpha value is -1.37. The van der Waals surface area contributed by atoms with Crippen LogP contribution in [0.3, 0.4) is 0 Å². The molecule has 1 saturated carbocycles. The van der Waals surface area contributed by atoms with Crippen LogP contribution in [-0.4, -0.2) is 5.78 Å². The number of allylic oxidation sites excluding steroid dienone is 4. The molecule has 0 aliphatic heterocycles. The third-order valence-corrected chi connectivity index (χ3v) is 5.81. The van der Waals surface area contributed by atoms with Gasteiger partial charge in [-0.2, -0.15) is 0 Å². The second-order valence-corrected chi connectivity index (χ2v) is 7.93. The van der Waals surface area contributed by atoms with Gasteiger partial charge in [0.25, 0.3) is 0 Å². The molecule has 1 nitrogen and oxygen atoms in total. The van der Waals surface area contributed by atoms with E-state index in [9.17, 15) is 4.79 Å². The van der Waals surface area contributed by atoms with Gasteiger partial charge in [0.05, 0.1) is 0 Å². The molecule has 0 N–H and O–H groups in total. The lowest BCUT2D eigenvalue weighted by atomic mass is 9.74. The van der Waals surface area contributed by atoms with Crippen molar-refractivity contribution < 1.29 is 4.79 Å². The molecule has 0 bridgehead atoms. The number of carbonyl (C=O) groups is 1. The number of Topliss-reactive ketones (excluding diaryl/α,β-unsaturated/α-hetero) is 1. The summed E-state index contributed by atoms with van der Waals surface area (Å²) >= 11 is 0. The summed E-state index contributed by atoms with van der Waals surface area (Å²) in [6, 6.07) is 0. The molecule has 134 valence electrons. The minimum atomic E-state index is -0.219. The summed E-state index contributed by atoms with van der Waals surface area (Å²) in [6.07, 6.45) is 9.34. The molecular weight excluding hydrogens is 292 g/mol. The lowest BCUT2D eigenvalue weighted by Gasteiger charge is -2.29. The number of carbonyl (C=O) groups excluding carboxylic acids is 1. The van der Waals surface area contributed by atoms with E-state index < -0.39 is 0 Å². The highest BCUT2D eigenvalue weighted by molar-refractivity contribution is 5.84. The molecule has 1 aliphatic carbocycles. The monoisotopic (exact) mass is 328 g/mol. The molecule has 1 rings (SSSR count). The smallest absolute Gasteiger partial charge is 0.138 e. The van der Waals surface area contributed by atoms with Gasteiger partial charge in [-0.05, 0) is 50.9 Å². The fourth-order valence-electron chi connectivity index (χ4n) is 3.69. The SMILES string of the molecule is C=CC(C)CC(C)(CC)C(=O)CCCC(=C)CC1C(=C)CCC1=C. The molecule has 0 spiro atoms. The highest BCUT2D eigenvalue weighted by Gasteiger charge is 2.31. The third-order valence-electron chi connectivity index (χ3n) is 5.81. The van der Waals surface area contributed by atoms with E-state index in [1.165, 1.54) is 16.7 Å². The van der Waals surface area contributed by atoms with Crippen molar-refractivity contribution >= 4 is 5.78 Å². The molecule has 1 fully saturated rings. The van der Waals surface area contributed by atoms with E-state index >= 15 is 0 Å². The van der Waals surface area contributed by atoms with Crippen LogP contribution in [0.25, 0.3) is 0 Å². The molecule has 2 unspecified atom stereocenters. The van der Waals surface area contributed by atoms with Crippen molar-refractivity contribution in [2.45, 2.75) is 72.1 Å². The van der Waals surface area contributed by atoms with Crippen molar-refractivity contribution in [1.82, 2.24) is 0 Å². The Balaban J connectivity index is 2.43.